The minimum Gasteiger partial charge on any atom is -0.326 e. The molecule has 0 spiro atoms. The lowest BCUT2D eigenvalue weighted by atomic mass is 10.2. The van der Waals surface area contributed by atoms with Crippen LogP contribution in [-0.4, -0.2) is 14.3 Å². The fourth-order valence-electron chi connectivity index (χ4n) is 2.05. The van der Waals surface area contributed by atoms with Gasteiger partial charge in [-0.05, 0) is 36.4 Å². The van der Waals surface area contributed by atoms with Gasteiger partial charge in [-0.1, -0.05) is 26.0 Å². The summed E-state index contributed by atoms with van der Waals surface area (Å²) in [6, 6.07) is 9.54. The SMILES string of the molecule is CC(C)C(=O)Nc1ccc(NS(=O)(=O)c2ccccc2C(F)(F)F)cc1. The van der Waals surface area contributed by atoms with Crippen molar-refractivity contribution >= 4 is 27.3 Å². The topological polar surface area (TPSA) is 75.3 Å². The minimum atomic E-state index is -4.80. The number of benzene rings is 2. The van der Waals surface area contributed by atoms with Gasteiger partial charge in [-0.3, -0.25) is 9.52 Å². The smallest absolute Gasteiger partial charge is 0.326 e. The van der Waals surface area contributed by atoms with Crippen LogP contribution in [-0.2, 0) is 21.0 Å². The molecule has 0 aromatic heterocycles. The summed E-state index contributed by atoms with van der Waals surface area (Å²) < 4.78 is 65.9. The van der Waals surface area contributed by atoms with Crippen LogP contribution in [0.25, 0.3) is 0 Å². The molecule has 5 nitrogen and oxygen atoms in total. The highest BCUT2D eigenvalue weighted by Crippen LogP contribution is 2.34. The Bertz CT molecular complexity index is 892. The van der Waals surface area contributed by atoms with Crippen LogP contribution in [0.5, 0.6) is 0 Å². The number of carbonyl (C=O) groups excluding carboxylic acids is 1. The maximum Gasteiger partial charge on any atom is 0.417 e. The van der Waals surface area contributed by atoms with E-state index in [4.69, 9.17) is 0 Å². The first kappa shape index (κ1) is 19.8. The van der Waals surface area contributed by atoms with Gasteiger partial charge in [-0.25, -0.2) is 8.42 Å². The summed E-state index contributed by atoms with van der Waals surface area (Å²) in [4.78, 5) is 10.8. The van der Waals surface area contributed by atoms with Crippen molar-refractivity contribution in [2.75, 3.05) is 10.0 Å². The lowest BCUT2D eigenvalue weighted by molar-refractivity contribution is -0.139. The zero-order valence-electron chi connectivity index (χ0n) is 14.0. The zero-order chi connectivity index (χ0) is 19.5. The Morgan fingerprint density at radius 3 is 2.04 bits per heavy atom. The molecule has 0 atom stereocenters. The van der Waals surface area contributed by atoms with E-state index >= 15 is 0 Å². The summed E-state index contributed by atoms with van der Waals surface area (Å²) in [6.45, 7) is 3.44. The number of hydrogen-bond donors (Lipinski definition) is 2. The van der Waals surface area contributed by atoms with Crippen molar-refractivity contribution in [3.8, 4) is 0 Å². The predicted octanol–water partition coefficient (Wildman–Crippen LogP) is 4.10. The number of anilines is 2. The van der Waals surface area contributed by atoms with Crippen LogP contribution >= 0.6 is 0 Å². The van der Waals surface area contributed by atoms with Gasteiger partial charge >= 0.3 is 6.18 Å². The Labute approximate surface area is 149 Å². The number of halogens is 3. The highest BCUT2D eigenvalue weighted by Gasteiger charge is 2.36. The highest BCUT2D eigenvalue weighted by molar-refractivity contribution is 7.92. The van der Waals surface area contributed by atoms with Crippen molar-refractivity contribution in [2.24, 2.45) is 5.92 Å². The third kappa shape index (κ3) is 4.75. The van der Waals surface area contributed by atoms with Gasteiger partial charge < -0.3 is 5.32 Å². The zero-order valence-corrected chi connectivity index (χ0v) is 14.8. The fourth-order valence-corrected chi connectivity index (χ4v) is 3.34. The molecule has 2 aromatic rings. The van der Waals surface area contributed by atoms with Gasteiger partial charge in [0.15, 0.2) is 0 Å². The van der Waals surface area contributed by atoms with Gasteiger partial charge in [-0.15, -0.1) is 0 Å². The van der Waals surface area contributed by atoms with Gasteiger partial charge in [0.1, 0.15) is 0 Å². The van der Waals surface area contributed by atoms with Crippen LogP contribution in [0, 0.1) is 5.92 Å². The highest BCUT2D eigenvalue weighted by atomic mass is 32.2. The normalized spacial score (nSPS) is 12.1. The largest absolute Gasteiger partial charge is 0.417 e. The Morgan fingerprint density at radius 1 is 0.962 bits per heavy atom. The van der Waals surface area contributed by atoms with E-state index in [1.165, 1.54) is 30.3 Å². The summed E-state index contributed by atoms with van der Waals surface area (Å²) in [7, 11) is -4.43. The van der Waals surface area contributed by atoms with Crippen LogP contribution in [0.15, 0.2) is 53.4 Å². The first-order valence-electron chi connectivity index (χ1n) is 7.60. The average molecular weight is 386 g/mol. The molecule has 0 aliphatic carbocycles. The lowest BCUT2D eigenvalue weighted by Crippen LogP contribution is -2.19. The van der Waals surface area contributed by atoms with Crippen molar-refractivity contribution in [3.05, 3.63) is 54.1 Å². The maximum absolute atomic E-state index is 13.0. The van der Waals surface area contributed by atoms with Crippen LogP contribution in [0.4, 0.5) is 24.5 Å². The summed E-state index contributed by atoms with van der Waals surface area (Å²) in [5.74, 6) is -0.440. The van der Waals surface area contributed by atoms with E-state index < -0.39 is 26.7 Å². The third-order valence-electron chi connectivity index (χ3n) is 3.41. The van der Waals surface area contributed by atoms with Gasteiger partial charge in [0, 0.05) is 17.3 Å². The molecule has 0 fully saturated rings. The summed E-state index contributed by atoms with van der Waals surface area (Å²) in [5, 5.41) is 2.63. The maximum atomic E-state index is 13.0. The molecule has 2 N–H and O–H groups in total. The van der Waals surface area contributed by atoms with Crippen LogP contribution < -0.4 is 10.0 Å². The number of hydrogen-bond acceptors (Lipinski definition) is 3. The number of carbonyl (C=O) groups is 1. The third-order valence-corrected chi connectivity index (χ3v) is 4.85. The van der Waals surface area contributed by atoms with Crippen molar-refractivity contribution in [2.45, 2.75) is 24.9 Å². The van der Waals surface area contributed by atoms with Crippen molar-refractivity contribution in [1.82, 2.24) is 0 Å². The van der Waals surface area contributed by atoms with E-state index in [2.05, 4.69) is 10.0 Å². The standard InChI is InChI=1S/C17H17F3N2O3S/c1-11(2)16(23)21-12-7-9-13(10-8-12)22-26(24,25)15-6-4-3-5-14(15)17(18,19)20/h3-11,22H,1-2H3,(H,21,23). The number of rotatable bonds is 5. The first-order chi connectivity index (χ1) is 12.0. The first-order valence-corrected chi connectivity index (χ1v) is 9.09. The van der Waals surface area contributed by atoms with Gasteiger partial charge in [0.05, 0.1) is 10.5 Å². The second-order valence-electron chi connectivity index (χ2n) is 5.82. The average Bonchev–Trinajstić information content (AvgIpc) is 2.55. The van der Waals surface area contributed by atoms with E-state index in [0.29, 0.717) is 11.8 Å². The monoisotopic (exact) mass is 386 g/mol. The molecule has 0 radical (unpaired) electrons. The Kier molecular flexibility index (Phi) is 5.60. The van der Waals surface area contributed by atoms with Crippen LogP contribution in [0.3, 0.4) is 0 Å². The van der Waals surface area contributed by atoms with E-state index in [9.17, 15) is 26.4 Å². The molecular formula is C17H17F3N2O3S. The molecule has 0 aliphatic heterocycles. The fraction of sp³-hybridized carbons (Fsp3) is 0.235. The van der Waals surface area contributed by atoms with Gasteiger partial charge in [0.2, 0.25) is 5.91 Å². The van der Waals surface area contributed by atoms with Crippen LogP contribution in [0.1, 0.15) is 19.4 Å². The number of nitrogens with one attached hydrogen (secondary N) is 2. The molecular weight excluding hydrogens is 369 g/mol. The van der Waals surface area contributed by atoms with Crippen LogP contribution in [0.2, 0.25) is 0 Å². The molecule has 140 valence electrons. The van der Waals surface area contributed by atoms with Crippen molar-refractivity contribution in [3.63, 3.8) is 0 Å². The number of amides is 1. The molecule has 0 bridgehead atoms. The van der Waals surface area contributed by atoms with E-state index in [0.717, 1.165) is 12.1 Å². The van der Waals surface area contributed by atoms with E-state index in [1.54, 1.807) is 13.8 Å². The Balaban J connectivity index is 2.24. The minimum absolute atomic E-state index is 0.0736. The van der Waals surface area contributed by atoms with Crippen molar-refractivity contribution < 1.29 is 26.4 Å². The summed E-state index contributed by atoms with van der Waals surface area (Å²) in [5.41, 5.74) is -0.722. The van der Waals surface area contributed by atoms with E-state index in [-0.39, 0.29) is 17.5 Å². The molecule has 0 saturated carbocycles. The molecule has 2 aromatic carbocycles. The molecule has 9 heteroatoms. The molecule has 0 unspecified atom stereocenters. The number of alkyl halides is 3. The van der Waals surface area contributed by atoms with Gasteiger partial charge in [-0.2, -0.15) is 13.2 Å². The summed E-state index contributed by atoms with van der Waals surface area (Å²) in [6.07, 6.45) is -4.80. The van der Waals surface area contributed by atoms with Gasteiger partial charge in [0.25, 0.3) is 10.0 Å². The summed E-state index contributed by atoms with van der Waals surface area (Å²) >= 11 is 0. The molecule has 1 amide bonds. The predicted molar refractivity (Wildman–Crippen MR) is 92.2 cm³/mol. The Hall–Kier alpha value is -2.55. The molecule has 0 saturated heterocycles. The molecule has 2 rings (SSSR count). The van der Waals surface area contributed by atoms with E-state index in [1.807, 2.05) is 0 Å². The Morgan fingerprint density at radius 2 is 1.50 bits per heavy atom. The molecule has 0 heterocycles. The number of sulfonamides is 1. The second-order valence-corrected chi connectivity index (χ2v) is 7.47. The quantitative estimate of drug-likeness (QED) is 0.812. The van der Waals surface area contributed by atoms with Crippen molar-refractivity contribution in [1.29, 1.82) is 0 Å². The lowest BCUT2D eigenvalue weighted by Gasteiger charge is -2.14. The second kappa shape index (κ2) is 7.36. The molecule has 26 heavy (non-hydrogen) atoms. The molecule has 0 aliphatic rings.